The van der Waals surface area contributed by atoms with Gasteiger partial charge in [-0.15, -0.1) is 0 Å². The summed E-state index contributed by atoms with van der Waals surface area (Å²) in [5.41, 5.74) is 7.07. The molecule has 1 aliphatic rings. The molecule has 2 N–H and O–H groups in total. The molecule has 0 radical (unpaired) electrons. The van der Waals surface area contributed by atoms with E-state index < -0.39 is 5.54 Å². The van der Waals surface area contributed by atoms with Crippen molar-refractivity contribution >= 4 is 0 Å². The minimum Gasteiger partial charge on any atom is -0.334 e. The zero-order valence-corrected chi connectivity index (χ0v) is 12.4. The van der Waals surface area contributed by atoms with Crippen molar-refractivity contribution in [3.05, 3.63) is 35.4 Å². The summed E-state index contributed by atoms with van der Waals surface area (Å²) in [4.78, 5) is 4.36. The van der Waals surface area contributed by atoms with Gasteiger partial charge in [0.2, 0.25) is 0 Å². The fourth-order valence-electron chi connectivity index (χ4n) is 3.12. The Balaban J connectivity index is 1.92. The number of nitrogens with two attached hydrogens (primary N) is 1. The van der Waals surface area contributed by atoms with E-state index in [1.54, 1.807) is 6.07 Å². The van der Waals surface area contributed by atoms with E-state index in [1.807, 2.05) is 13.0 Å². The summed E-state index contributed by atoms with van der Waals surface area (Å²) in [6, 6.07) is 4.94. The number of hydrogen-bond donors (Lipinski definition) is 1. The van der Waals surface area contributed by atoms with E-state index in [2.05, 4.69) is 17.1 Å². The van der Waals surface area contributed by atoms with Crippen LogP contribution in [0, 0.1) is 18.7 Å². The molecule has 3 rings (SSSR count). The van der Waals surface area contributed by atoms with Crippen LogP contribution in [0.25, 0.3) is 11.5 Å². The van der Waals surface area contributed by atoms with Gasteiger partial charge in [0.15, 0.2) is 5.82 Å². The Kier molecular flexibility index (Phi) is 3.53. The third-order valence-electron chi connectivity index (χ3n) is 4.26. The quantitative estimate of drug-likeness (QED) is 0.918. The average Bonchev–Trinajstić information content (AvgIpc) is 2.88. The molecule has 1 aromatic carbocycles. The molecule has 2 unspecified atom stereocenters. The van der Waals surface area contributed by atoms with Crippen molar-refractivity contribution in [3.63, 3.8) is 0 Å². The second-order valence-electron chi connectivity index (χ2n) is 6.26. The van der Waals surface area contributed by atoms with E-state index in [9.17, 15) is 4.39 Å². The number of rotatable bonds is 2. The summed E-state index contributed by atoms with van der Waals surface area (Å²) < 4.78 is 19.2. The Morgan fingerprint density at radius 2 is 2.24 bits per heavy atom. The number of nitrogens with zero attached hydrogens (tertiary/aromatic N) is 2. The molecule has 2 atom stereocenters. The van der Waals surface area contributed by atoms with Crippen molar-refractivity contribution in [3.8, 4) is 11.5 Å². The third-order valence-corrected chi connectivity index (χ3v) is 4.26. The van der Waals surface area contributed by atoms with Crippen LogP contribution >= 0.6 is 0 Å². The van der Waals surface area contributed by atoms with Crippen LogP contribution in [0.15, 0.2) is 22.7 Å². The predicted molar refractivity (Wildman–Crippen MR) is 77.9 cm³/mol. The summed E-state index contributed by atoms with van der Waals surface area (Å²) in [5.74, 6) is 0.879. The number of benzene rings is 1. The molecule has 0 amide bonds. The zero-order chi connectivity index (χ0) is 15.0. The minimum absolute atomic E-state index is 0.200. The SMILES string of the molecule is Cc1ccc(-c2nc(C3(N)CCCC(C)C3)no2)c(F)c1. The Labute approximate surface area is 123 Å². The van der Waals surface area contributed by atoms with Crippen LogP contribution in [-0.4, -0.2) is 10.1 Å². The standard InChI is InChI=1S/C16H20FN3O/c1-10-5-6-12(13(17)8-10)14-19-15(20-21-14)16(18)7-3-4-11(2)9-16/h5-6,8,11H,3-4,7,9,18H2,1-2H3. The van der Waals surface area contributed by atoms with Crippen LogP contribution in [0.4, 0.5) is 4.39 Å². The van der Waals surface area contributed by atoms with E-state index >= 15 is 0 Å². The van der Waals surface area contributed by atoms with Crippen molar-refractivity contribution in [2.75, 3.05) is 0 Å². The summed E-state index contributed by atoms with van der Waals surface area (Å²) in [5, 5.41) is 4.01. The lowest BCUT2D eigenvalue weighted by Crippen LogP contribution is -2.42. The lowest BCUT2D eigenvalue weighted by Gasteiger charge is -2.33. The molecule has 0 bridgehead atoms. The highest BCUT2D eigenvalue weighted by molar-refractivity contribution is 5.54. The molecule has 1 heterocycles. The maximum atomic E-state index is 14.0. The molecular weight excluding hydrogens is 269 g/mol. The number of halogens is 1. The minimum atomic E-state index is -0.555. The molecular formula is C16H20FN3O. The van der Waals surface area contributed by atoms with Gasteiger partial charge in [0.1, 0.15) is 5.82 Å². The first kappa shape index (κ1) is 14.2. The van der Waals surface area contributed by atoms with Gasteiger partial charge in [-0.25, -0.2) is 4.39 Å². The number of hydrogen-bond acceptors (Lipinski definition) is 4. The van der Waals surface area contributed by atoms with Gasteiger partial charge in [0.25, 0.3) is 5.89 Å². The van der Waals surface area contributed by atoms with E-state index in [1.165, 1.54) is 12.5 Å². The normalized spacial score (nSPS) is 26.0. The topological polar surface area (TPSA) is 64.9 Å². The van der Waals surface area contributed by atoms with E-state index in [4.69, 9.17) is 10.3 Å². The first-order chi connectivity index (χ1) is 9.98. The molecule has 1 saturated carbocycles. The lowest BCUT2D eigenvalue weighted by atomic mass is 9.76. The Morgan fingerprint density at radius 1 is 1.43 bits per heavy atom. The highest BCUT2D eigenvalue weighted by Crippen LogP contribution is 2.37. The highest BCUT2D eigenvalue weighted by Gasteiger charge is 2.37. The van der Waals surface area contributed by atoms with Gasteiger partial charge in [-0.05, 0) is 43.4 Å². The summed E-state index contributed by atoms with van der Waals surface area (Å²) in [6.45, 7) is 4.02. The molecule has 112 valence electrons. The monoisotopic (exact) mass is 289 g/mol. The highest BCUT2D eigenvalue weighted by atomic mass is 19.1. The fourth-order valence-corrected chi connectivity index (χ4v) is 3.12. The molecule has 0 spiro atoms. The fraction of sp³-hybridized carbons (Fsp3) is 0.500. The summed E-state index contributed by atoms with van der Waals surface area (Å²) in [7, 11) is 0. The predicted octanol–water partition coefficient (Wildman–Crippen LogP) is 3.55. The molecule has 0 saturated heterocycles. The zero-order valence-electron chi connectivity index (χ0n) is 12.4. The van der Waals surface area contributed by atoms with E-state index in [-0.39, 0.29) is 11.7 Å². The van der Waals surface area contributed by atoms with Crippen molar-refractivity contribution in [1.29, 1.82) is 0 Å². The Hall–Kier alpha value is -1.75. The smallest absolute Gasteiger partial charge is 0.260 e. The average molecular weight is 289 g/mol. The van der Waals surface area contributed by atoms with Gasteiger partial charge < -0.3 is 10.3 Å². The van der Waals surface area contributed by atoms with Gasteiger partial charge in [0.05, 0.1) is 11.1 Å². The largest absolute Gasteiger partial charge is 0.334 e. The first-order valence-electron chi connectivity index (χ1n) is 7.37. The van der Waals surface area contributed by atoms with Gasteiger partial charge in [-0.3, -0.25) is 0 Å². The van der Waals surface area contributed by atoms with Gasteiger partial charge >= 0.3 is 0 Å². The first-order valence-corrected chi connectivity index (χ1v) is 7.37. The molecule has 5 heteroatoms. The van der Waals surface area contributed by atoms with Crippen LogP contribution in [-0.2, 0) is 5.54 Å². The molecule has 2 aromatic rings. The molecule has 1 fully saturated rings. The van der Waals surface area contributed by atoms with Gasteiger partial charge in [-0.1, -0.05) is 31.0 Å². The van der Waals surface area contributed by atoms with Gasteiger partial charge in [-0.2, -0.15) is 4.98 Å². The Bertz CT molecular complexity index is 655. The third kappa shape index (κ3) is 2.70. The van der Waals surface area contributed by atoms with E-state index in [0.717, 1.165) is 24.8 Å². The second kappa shape index (κ2) is 5.22. The van der Waals surface area contributed by atoms with Gasteiger partial charge in [0, 0.05) is 0 Å². The van der Waals surface area contributed by atoms with Crippen molar-refractivity contribution in [2.45, 2.75) is 45.1 Å². The van der Waals surface area contributed by atoms with Crippen molar-refractivity contribution < 1.29 is 8.91 Å². The molecule has 1 aromatic heterocycles. The number of aromatic nitrogens is 2. The molecule has 21 heavy (non-hydrogen) atoms. The van der Waals surface area contributed by atoms with Crippen LogP contribution in [0.5, 0.6) is 0 Å². The second-order valence-corrected chi connectivity index (χ2v) is 6.26. The van der Waals surface area contributed by atoms with E-state index in [0.29, 0.717) is 17.3 Å². The lowest BCUT2D eigenvalue weighted by molar-refractivity contribution is 0.222. The molecule has 1 aliphatic carbocycles. The van der Waals surface area contributed by atoms with Crippen LogP contribution in [0.1, 0.15) is 44.0 Å². The maximum Gasteiger partial charge on any atom is 0.260 e. The number of aryl methyl sites for hydroxylation is 1. The maximum absolute atomic E-state index is 14.0. The molecule has 0 aliphatic heterocycles. The van der Waals surface area contributed by atoms with Crippen LogP contribution in [0.2, 0.25) is 0 Å². The summed E-state index contributed by atoms with van der Waals surface area (Å²) >= 11 is 0. The van der Waals surface area contributed by atoms with Crippen LogP contribution < -0.4 is 5.73 Å². The molecule has 4 nitrogen and oxygen atoms in total. The van der Waals surface area contributed by atoms with Crippen molar-refractivity contribution in [1.82, 2.24) is 10.1 Å². The summed E-state index contributed by atoms with van der Waals surface area (Å²) in [6.07, 6.45) is 3.91. The Morgan fingerprint density at radius 3 is 2.95 bits per heavy atom. The van der Waals surface area contributed by atoms with Crippen LogP contribution in [0.3, 0.4) is 0 Å². The van der Waals surface area contributed by atoms with Crippen molar-refractivity contribution in [2.24, 2.45) is 11.7 Å².